The molecule has 5 rings (SSSR count). The first-order valence-corrected chi connectivity index (χ1v) is 12.9. The summed E-state index contributed by atoms with van der Waals surface area (Å²) < 4.78 is 11.8. The van der Waals surface area contributed by atoms with Crippen molar-refractivity contribution in [2.45, 2.75) is 38.6 Å². The van der Waals surface area contributed by atoms with Crippen LogP contribution in [0.15, 0.2) is 36.7 Å². The summed E-state index contributed by atoms with van der Waals surface area (Å²) >= 11 is 6.36. The third-order valence-electron chi connectivity index (χ3n) is 6.88. The summed E-state index contributed by atoms with van der Waals surface area (Å²) in [6.45, 7) is 3.56. The fourth-order valence-electron chi connectivity index (χ4n) is 5.08. The number of amides is 2. The summed E-state index contributed by atoms with van der Waals surface area (Å²) in [7, 11) is 1.55. The largest absolute Gasteiger partial charge is 0.493 e. The van der Waals surface area contributed by atoms with E-state index in [2.05, 4.69) is 20.6 Å². The molecular formula is C27H30ClN5O4. The van der Waals surface area contributed by atoms with Crippen molar-refractivity contribution in [3.63, 3.8) is 0 Å². The van der Waals surface area contributed by atoms with E-state index in [0.717, 1.165) is 30.6 Å². The molecule has 194 valence electrons. The standard InChI is InChI=1S/C27H30ClN5O4/c1-3-22(34)33-13-5-6-16(33)15-37-21-14-29-11-9-17(21)24-25(23-19(31-24)10-12-30-27(23)35)32-20-8-4-7-18(28)26(20)36-2/h4,7-9,11,14,16,31-32H,3,5-6,10,12-13,15H2,1-2H3,(H,30,35)/t16-/m0/s1. The van der Waals surface area contributed by atoms with Crippen molar-refractivity contribution < 1.29 is 19.1 Å². The molecule has 0 bridgehead atoms. The molecule has 37 heavy (non-hydrogen) atoms. The Kier molecular flexibility index (Phi) is 7.23. The van der Waals surface area contributed by atoms with Gasteiger partial charge in [-0.25, -0.2) is 0 Å². The van der Waals surface area contributed by atoms with Gasteiger partial charge in [0.1, 0.15) is 12.4 Å². The Morgan fingerprint density at radius 2 is 2.19 bits per heavy atom. The van der Waals surface area contributed by atoms with Crippen LogP contribution in [0, 0.1) is 0 Å². The fourth-order valence-corrected chi connectivity index (χ4v) is 5.34. The first kappa shape index (κ1) is 25.0. The zero-order chi connectivity index (χ0) is 25.9. The number of nitrogens with one attached hydrogen (secondary N) is 3. The van der Waals surface area contributed by atoms with Crippen molar-refractivity contribution in [1.82, 2.24) is 20.2 Å². The number of benzene rings is 1. The summed E-state index contributed by atoms with van der Waals surface area (Å²) in [6.07, 6.45) is 6.37. The van der Waals surface area contributed by atoms with Gasteiger partial charge in [-0.2, -0.15) is 0 Å². The molecule has 3 aromatic rings. The number of hydrogen-bond acceptors (Lipinski definition) is 6. The number of ether oxygens (including phenoxy) is 2. The van der Waals surface area contributed by atoms with Crippen LogP contribution in [-0.2, 0) is 11.2 Å². The summed E-state index contributed by atoms with van der Waals surface area (Å²) in [5.41, 5.74) is 4.07. The maximum absolute atomic E-state index is 13.0. The monoisotopic (exact) mass is 523 g/mol. The van der Waals surface area contributed by atoms with Crippen molar-refractivity contribution in [3.05, 3.63) is 52.9 Å². The first-order valence-electron chi connectivity index (χ1n) is 12.5. The van der Waals surface area contributed by atoms with Crippen LogP contribution in [0.2, 0.25) is 5.02 Å². The van der Waals surface area contributed by atoms with Crippen molar-refractivity contribution >= 4 is 34.8 Å². The number of methoxy groups -OCH3 is 1. The SMILES string of the molecule is CCC(=O)N1CCC[C@H]1COc1cnccc1-c1[nH]c2c(c1Nc1cccc(Cl)c1OC)C(=O)NCC2. The van der Waals surface area contributed by atoms with Gasteiger partial charge in [0.05, 0.1) is 47.0 Å². The first-order chi connectivity index (χ1) is 18.0. The minimum atomic E-state index is -0.163. The molecule has 4 heterocycles. The lowest BCUT2D eigenvalue weighted by Gasteiger charge is -2.25. The van der Waals surface area contributed by atoms with Crippen LogP contribution in [0.5, 0.6) is 11.5 Å². The lowest BCUT2D eigenvalue weighted by atomic mass is 10.0. The van der Waals surface area contributed by atoms with Crippen molar-refractivity contribution in [1.29, 1.82) is 0 Å². The molecule has 0 unspecified atom stereocenters. The number of nitrogens with zero attached hydrogens (tertiary/aromatic N) is 2. The van der Waals surface area contributed by atoms with Crippen molar-refractivity contribution in [3.8, 4) is 22.8 Å². The second-order valence-corrected chi connectivity index (χ2v) is 9.51. The highest BCUT2D eigenvalue weighted by Crippen LogP contribution is 2.43. The number of rotatable bonds is 8. The molecule has 2 aliphatic rings. The molecule has 3 N–H and O–H groups in total. The highest BCUT2D eigenvalue weighted by atomic mass is 35.5. The van der Waals surface area contributed by atoms with Gasteiger partial charge in [-0.05, 0) is 31.0 Å². The van der Waals surface area contributed by atoms with Crippen LogP contribution >= 0.6 is 11.6 Å². The zero-order valence-corrected chi connectivity index (χ0v) is 21.7. The number of carbonyl (C=O) groups is 2. The van der Waals surface area contributed by atoms with E-state index in [9.17, 15) is 9.59 Å². The van der Waals surface area contributed by atoms with E-state index in [-0.39, 0.29) is 17.9 Å². The molecule has 1 saturated heterocycles. The summed E-state index contributed by atoms with van der Waals surface area (Å²) in [4.78, 5) is 35.0. The van der Waals surface area contributed by atoms with Crippen LogP contribution < -0.4 is 20.1 Å². The second kappa shape index (κ2) is 10.7. The second-order valence-electron chi connectivity index (χ2n) is 9.10. The Balaban J connectivity index is 1.52. The van der Waals surface area contributed by atoms with Crippen LogP contribution in [0.4, 0.5) is 11.4 Å². The van der Waals surface area contributed by atoms with E-state index in [4.69, 9.17) is 21.1 Å². The number of H-pyrrole nitrogens is 1. The van der Waals surface area contributed by atoms with E-state index < -0.39 is 0 Å². The lowest BCUT2D eigenvalue weighted by Crippen LogP contribution is -2.38. The Morgan fingerprint density at radius 1 is 1.32 bits per heavy atom. The van der Waals surface area contributed by atoms with E-state index >= 15 is 0 Å². The van der Waals surface area contributed by atoms with Gasteiger partial charge in [0.2, 0.25) is 5.91 Å². The van der Waals surface area contributed by atoms with Crippen LogP contribution in [0.1, 0.15) is 42.2 Å². The van der Waals surface area contributed by atoms with Gasteiger partial charge in [0, 0.05) is 43.4 Å². The molecule has 0 spiro atoms. The van der Waals surface area contributed by atoms with Gasteiger partial charge < -0.3 is 30.0 Å². The van der Waals surface area contributed by atoms with Gasteiger partial charge in [-0.1, -0.05) is 24.6 Å². The number of likely N-dealkylation sites (tertiary alicyclic amines) is 1. The number of para-hydroxylation sites is 1. The molecule has 9 nitrogen and oxygen atoms in total. The molecule has 0 saturated carbocycles. The highest BCUT2D eigenvalue weighted by Gasteiger charge is 2.31. The molecular weight excluding hydrogens is 494 g/mol. The summed E-state index contributed by atoms with van der Waals surface area (Å²) in [5.74, 6) is 1.03. The average molecular weight is 524 g/mol. The predicted octanol–water partition coefficient (Wildman–Crippen LogP) is 4.55. The Hall–Kier alpha value is -3.72. The minimum absolute atomic E-state index is 0.0245. The number of pyridine rings is 1. The number of anilines is 2. The van der Waals surface area contributed by atoms with Crippen LogP contribution in [0.25, 0.3) is 11.3 Å². The number of halogens is 1. The number of fused-ring (bicyclic) bond motifs is 1. The molecule has 2 aliphatic heterocycles. The number of aromatic nitrogens is 2. The maximum atomic E-state index is 13.0. The van der Waals surface area contributed by atoms with Gasteiger partial charge in [-0.15, -0.1) is 0 Å². The molecule has 1 aromatic carbocycles. The molecule has 2 amide bonds. The van der Waals surface area contributed by atoms with Gasteiger partial charge in [-0.3, -0.25) is 14.6 Å². The zero-order valence-electron chi connectivity index (χ0n) is 20.9. The summed E-state index contributed by atoms with van der Waals surface area (Å²) in [6, 6.07) is 7.29. The van der Waals surface area contributed by atoms with Crippen molar-refractivity contribution in [2.24, 2.45) is 0 Å². The molecule has 1 atom stereocenters. The minimum Gasteiger partial charge on any atom is -0.493 e. The third kappa shape index (κ3) is 4.83. The van der Waals surface area contributed by atoms with Crippen LogP contribution in [0.3, 0.4) is 0 Å². The van der Waals surface area contributed by atoms with Crippen LogP contribution in [-0.4, -0.2) is 59.5 Å². The Labute approximate surface area is 220 Å². The van der Waals surface area contributed by atoms with E-state index in [1.54, 1.807) is 25.6 Å². The molecule has 0 aliphatic carbocycles. The van der Waals surface area contributed by atoms with Crippen molar-refractivity contribution in [2.75, 3.05) is 32.1 Å². The van der Waals surface area contributed by atoms with E-state index in [1.165, 1.54) is 0 Å². The van der Waals surface area contributed by atoms with E-state index in [0.29, 0.717) is 65.1 Å². The predicted molar refractivity (Wildman–Crippen MR) is 142 cm³/mol. The van der Waals surface area contributed by atoms with E-state index in [1.807, 2.05) is 30.0 Å². The number of hydrogen-bond donors (Lipinski definition) is 3. The molecule has 10 heteroatoms. The van der Waals surface area contributed by atoms with Gasteiger partial charge in [0.15, 0.2) is 5.75 Å². The fraction of sp³-hybridized carbons (Fsp3) is 0.370. The third-order valence-corrected chi connectivity index (χ3v) is 7.18. The normalized spacial score (nSPS) is 16.8. The maximum Gasteiger partial charge on any atom is 0.255 e. The van der Waals surface area contributed by atoms with Gasteiger partial charge >= 0.3 is 0 Å². The number of aromatic amines is 1. The topological polar surface area (TPSA) is 109 Å². The smallest absolute Gasteiger partial charge is 0.255 e. The average Bonchev–Trinajstić information content (AvgIpc) is 3.53. The molecule has 2 aromatic heterocycles. The Bertz CT molecular complexity index is 1320. The molecule has 0 radical (unpaired) electrons. The highest BCUT2D eigenvalue weighted by molar-refractivity contribution is 6.32. The Morgan fingerprint density at radius 3 is 3.00 bits per heavy atom. The summed E-state index contributed by atoms with van der Waals surface area (Å²) in [5, 5.41) is 6.78. The number of carbonyl (C=O) groups excluding carboxylic acids is 2. The lowest BCUT2D eigenvalue weighted by molar-refractivity contribution is -0.132. The molecule has 1 fully saturated rings. The van der Waals surface area contributed by atoms with Gasteiger partial charge in [0.25, 0.3) is 5.91 Å². The quantitative estimate of drug-likeness (QED) is 0.400.